The molecule has 0 radical (unpaired) electrons. The first-order valence-electron chi connectivity index (χ1n) is 4.67. The standard InChI is InChI=1S/C11H15BrO3/c1-11(2,14)7-15-10-8(6-13)4-3-5-9(10)12/h3-5,13-14H,6-7H2,1-2H3. The summed E-state index contributed by atoms with van der Waals surface area (Å²) in [6.45, 7) is 3.44. The molecule has 3 nitrogen and oxygen atoms in total. The third-order valence-corrected chi connectivity index (χ3v) is 2.41. The van der Waals surface area contributed by atoms with Gasteiger partial charge in [0.2, 0.25) is 0 Å². The molecule has 0 aromatic heterocycles. The van der Waals surface area contributed by atoms with E-state index in [0.29, 0.717) is 11.3 Å². The predicted molar refractivity (Wildman–Crippen MR) is 61.9 cm³/mol. The third kappa shape index (κ3) is 3.81. The average molecular weight is 275 g/mol. The molecule has 0 heterocycles. The van der Waals surface area contributed by atoms with Gasteiger partial charge in [0.05, 0.1) is 16.7 Å². The average Bonchev–Trinajstić information content (AvgIpc) is 2.14. The molecule has 4 heteroatoms. The Morgan fingerprint density at radius 2 is 2.07 bits per heavy atom. The van der Waals surface area contributed by atoms with Crippen LogP contribution in [-0.4, -0.2) is 22.4 Å². The van der Waals surface area contributed by atoms with Crippen LogP contribution in [0.2, 0.25) is 0 Å². The minimum absolute atomic E-state index is 0.0827. The molecule has 0 saturated carbocycles. The van der Waals surface area contributed by atoms with Crippen LogP contribution in [0.15, 0.2) is 22.7 Å². The number of rotatable bonds is 4. The number of hydrogen-bond donors (Lipinski definition) is 2. The Hall–Kier alpha value is -0.580. The Balaban J connectivity index is 2.83. The highest BCUT2D eigenvalue weighted by Crippen LogP contribution is 2.29. The van der Waals surface area contributed by atoms with Crippen molar-refractivity contribution in [3.63, 3.8) is 0 Å². The van der Waals surface area contributed by atoms with Crippen LogP contribution in [0.5, 0.6) is 5.75 Å². The van der Waals surface area contributed by atoms with Crippen LogP contribution in [-0.2, 0) is 6.61 Å². The van der Waals surface area contributed by atoms with Gasteiger partial charge in [0.1, 0.15) is 12.4 Å². The van der Waals surface area contributed by atoms with Crippen LogP contribution < -0.4 is 4.74 Å². The number of benzene rings is 1. The Labute approximate surface area is 97.8 Å². The summed E-state index contributed by atoms with van der Waals surface area (Å²) in [6, 6.07) is 5.44. The maximum Gasteiger partial charge on any atom is 0.139 e. The van der Waals surface area contributed by atoms with E-state index < -0.39 is 5.60 Å². The topological polar surface area (TPSA) is 49.7 Å². The molecular formula is C11H15BrO3. The Morgan fingerprint density at radius 1 is 1.40 bits per heavy atom. The quantitative estimate of drug-likeness (QED) is 0.884. The van der Waals surface area contributed by atoms with Gasteiger partial charge in [-0.2, -0.15) is 0 Å². The fourth-order valence-corrected chi connectivity index (χ4v) is 1.61. The number of halogens is 1. The number of aliphatic hydroxyl groups is 2. The number of para-hydroxylation sites is 1. The minimum Gasteiger partial charge on any atom is -0.489 e. The Kier molecular flexibility index (Phi) is 4.13. The molecule has 84 valence electrons. The van der Waals surface area contributed by atoms with Gasteiger partial charge in [0.15, 0.2) is 0 Å². The largest absolute Gasteiger partial charge is 0.489 e. The van der Waals surface area contributed by atoms with Crippen molar-refractivity contribution in [1.29, 1.82) is 0 Å². The maximum atomic E-state index is 9.53. The lowest BCUT2D eigenvalue weighted by atomic mass is 10.1. The number of aliphatic hydroxyl groups excluding tert-OH is 1. The van der Waals surface area contributed by atoms with E-state index in [9.17, 15) is 5.11 Å². The maximum absolute atomic E-state index is 9.53. The number of hydrogen-bond acceptors (Lipinski definition) is 3. The third-order valence-electron chi connectivity index (χ3n) is 1.79. The Morgan fingerprint density at radius 3 is 2.60 bits per heavy atom. The van der Waals surface area contributed by atoms with Gasteiger partial charge in [-0.05, 0) is 35.8 Å². The van der Waals surface area contributed by atoms with E-state index >= 15 is 0 Å². The molecule has 0 unspecified atom stereocenters. The first-order chi connectivity index (χ1) is 6.94. The van der Waals surface area contributed by atoms with Crippen molar-refractivity contribution in [2.45, 2.75) is 26.1 Å². The predicted octanol–water partition coefficient (Wildman–Crippen LogP) is 2.09. The van der Waals surface area contributed by atoms with Crippen LogP contribution in [0, 0.1) is 0 Å². The van der Waals surface area contributed by atoms with Crippen molar-refractivity contribution in [1.82, 2.24) is 0 Å². The van der Waals surface area contributed by atoms with E-state index in [2.05, 4.69) is 15.9 Å². The molecule has 0 atom stereocenters. The van der Waals surface area contributed by atoms with Gasteiger partial charge in [-0.25, -0.2) is 0 Å². The summed E-state index contributed by atoms with van der Waals surface area (Å²) in [5, 5.41) is 18.6. The number of ether oxygens (including phenoxy) is 1. The second-order valence-electron chi connectivity index (χ2n) is 3.99. The van der Waals surface area contributed by atoms with Crippen molar-refractivity contribution in [2.75, 3.05) is 6.61 Å². The molecule has 0 bridgehead atoms. The van der Waals surface area contributed by atoms with Crippen LogP contribution in [0.1, 0.15) is 19.4 Å². The van der Waals surface area contributed by atoms with Gasteiger partial charge in [-0.1, -0.05) is 12.1 Å². The smallest absolute Gasteiger partial charge is 0.139 e. The lowest BCUT2D eigenvalue weighted by Crippen LogP contribution is -2.28. The van der Waals surface area contributed by atoms with E-state index in [1.165, 1.54) is 0 Å². The summed E-state index contributed by atoms with van der Waals surface area (Å²) < 4.78 is 6.24. The highest BCUT2D eigenvalue weighted by atomic mass is 79.9. The van der Waals surface area contributed by atoms with Crippen molar-refractivity contribution in [2.24, 2.45) is 0 Å². The molecule has 0 saturated heterocycles. The molecule has 1 rings (SSSR count). The molecular weight excluding hydrogens is 260 g/mol. The summed E-state index contributed by atoms with van der Waals surface area (Å²) in [7, 11) is 0. The van der Waals surface area contributed by atoms with E-state index in [0.717, 1.165) is 4.47 Å². The first kappa shape index (κ1) is 12.5. The zero-order chi connectivity index (χ0) is 11.5. The van der Waals surface area contributed by atoms with Crippen molar-refractivity contribution < 1.29 is 14.9 Å². The van der Waals surface area contributed by atoms with Gasteiger partial charge >= 0.3 is 0 Å². The van der Waals surface area contributed by atoms with E-state index in [1.807, 2.05) is 12.1 Å². The second kappa shape index (κ2) is 4.96. The van der Waals surface area contributed by atoms with E-state index in [1.54, 1.807) is 19.9 Å². The van der Waals surface area contributed by atoms with Crippen LogP contribution in [0.25, 0.3) is 0 Å². The molecule has 0 spiro atoms. The Bertz CT molecular complexity index is 331. The molecule has 1 aromatic rings. The normalized spacial score (nSPS) is 11.5. The van der Waals surface area contributed by atoms with Gasteiger partial charge in [-0.3, -0.25) is 0 Å². The highest BCUT2D eigenvalue weighted by Gasteiger charge is 2.15. The molecule has 2 N–H and O–H groups in total. The van der Waals surface area contributed by atoms with E-state index in [4.69, 9.17) is 9.84 Å². The van der Waals surface area contributed by atoms with Gasteiger partial charge < -0.3 is 14.9 Å². The van der Waals surface area contributed by atoms with Gasteiger partial charge in [-0.15, -0.1) is 0 Å². The fourth-order valence-electron chi connectivity index (χ4n) is 1.09. The zero-order valence-electron chi connectivity index (χ0n) is 8.83. The van der Waals surface area contributed by atoms with Gasteiger partial charge in [0.25, 0.3) is 0 Å². The lowest BCUT2D eigenvalue weighted by Gasteiger charge is -2.19. The first-order valence-corrected chi connectivity index (χ1v) is 5.47. The fraction of sp³-hybridized carbons (Fsp3) is 0.455. The minimum atomic E-state index is -0.887. The summed E-state index contributed by atoms with van der Waals surface area (Å²) in [4.78, 5) is 0. The summed E-state index contributed by atoms with van der Waals surface area (Å²) >= 11 is 3.34. The molecule has 0 amide bonds. The second-order valence-corrected chi connectivity index (χ2v) is 4.84. The molecule has 0 aliphatic carbocycles. The van der Waals surface area contributed by atoms with Crippen LogP contribution in [0.4, 0.5) is 0 Å². The molecule has 0 fully saturated rings. The lowest BCUT2D eigenvalue weighted by molar-refractivity contribution is 0.0274. The monoisotopic (exact) mass is 274 g/mol. The molecule has 1 aromatic carbocycles. The van der Waals surface area contributed by atoms with E-state index in [-0.39, 0.29) is 13.2 Å². The van der Waals surface area contributed by atoms with Crippen molar-refractivity contribution in [3.8, 4) is 5.75 Å². The van der Waals surface area contributed by atoms with Crippen LogP contribution in [0.3, 0.4) is 0 Å². The zero-order valence-corrected chi connectivity index (χ0v) is 10.4. The molecule has 0 aliphatic heterocycles. The highest BCUT2D eigenvalue weighted by molar-refractivity contribution is 9.10. The van der Waals surface area contributed by atoms with Crippen molar-refractivity contribution >= 4 is 15.9 Å². The molecule has 0 aliphatic rings. The van der Waals surface area contributed by atoms with Crippen molar-refractivity contribution in [3.05, 3.63) is 28.2 Å². The van der Waals surface area contributed by atoms with Crippen LogP contribution >= 0.6 is 15.9 Å². The SMILES string of the molecule is CC(C)(O)COc1c(Br)cccc1CO. The van der Waals surface area contributed by atoms with Gasteiger partial charge in [0, 0.05) is 5.56 Å². The summed E-state index contributed by atoms with van der Waals surface area (Å²) in [5.74, 6) is 0.585. The summed E-state index contributed by atoms with van der Waals surface area (Å²) in [6.07, 6.45) is 0. The molecule has 15 heavy (non-hydrogen) atoms. The summed E-state index contributed by atoms with van der Waals surface area (Å²) in [5.41, 5.74) is -0.184.